The Balaban J connectivity index is 1.87. The highest BCUT2D eigenvalue weighted by Gasteiger charge is 2.23. The van der Waals surface area contributed by atoms with Gasteiger partial charge in [-0.1, -0.05) is 29.8 Å². The van der Waals surface area contributed by atoms with Gasteiger partial charge in [0.2, 0.25) is 0 Å². The van der Waals surface area contributed by atoms with Crippen LogP contribution in [0.25, 0.3) is 0 Å². The van der Waals surface area contributed by atoms with Crippen LogP contribution in [-0.2, 0) is 6.42 Å². The van der Waals surface area contributed by atoms with Crippen LogP contribution in [-0.4, -0.2) is 11.1 Å². The van der Waals surface area contributed by atoms with Crippen molar-refractivity contribution in [2.75, 3.05) is 5.32 Å². The van der Waals surface area contributed by atoms with Crippen LogP contribution in [0, 0.1) is 0 Å². The van der Waals surface area contributed by atoms with Crippen LogP contribution < -0.4 is 5.32 Å². The third kappa shape index (κ3) is 2.37. The summed E-state index contributed by atoms with van der Waals surface area (Å²) in [5, 5.41) is 13.2. The summed E-state index contributed by atoms with van der Waals surface area (Å²) in [6, 6.07) is 13.2. The Morgan fingerprint density at radius 1 is 1.25 bits per heavy atom. The Morgan fingerprint density at radius 2 is 2.05 bits per heavy atom. The first-order chi connectivity index (χ1) is 9.65. The summed E-state index contributed by atoms with van der Waals surface area (Å²) in [6.07, 6.45) is 1.84. The first kappa shape index (κ1) is 13.0. The van der Waals surface area contributed by atoms with E-state index in [1.807, 2.05) is 30.3 Å². The molecule has 0 aromatic heterocycles. The molecule has 2 aromatic carbocycles. The van der Waals surface area contributed by atoms with Gasteiger partial charge in [-0.05, 0) is 48.2 Å². The average Bonchev–Trinajstić information content (AvgIpc) is 2.84. The zero-order valence-corrected chi connectivity index (χ0v) is 11.5. The topological polar surface area (TPSA) is 49.3 Å². The van der Waals surface area contributed by atoms with Crippen LogP contribution in [0.1, 0.15) is 33.9 Å². The van der Waals surface area contributed by atoms with E-state index in [9.17, 15) is 4.79 Å². The molecule has 0 radical (unpaired) electrons. The van der Waals surface area contributed by atoms with E-state index in [4.69, 9.17) is 16.7 Å². The van der Waals surface area contributed by atoms with E-state index >= 15 is 0 Å². The number of hydrogen-bond acceptors (Lipinski definition) is 2. The zero-order chi connectivity index (χ0) is 14.1. The summed E-state index contributed by atoms with van der Waals surface area (Å²) in [7, 11) is 0. The molecule has 0 amide bonds. The van der Waals surface area contributed by atoms with Crippen LogP contribution in [0.4, 0.5) is 5.69 Å². The second kappa shape index (κ2) is 5.17. The lowest BCUT2D eigenvalue weighted by Crippen LogP contribution is -2.07. The summed E-state index contributed by atoms with van der Waals surface area (Å²) in [4.78, 5) is 11.0. The highest BCUT2D eigenvalue weighted by Crippen LogP contribution is 2.36. The number of halogens is 1. The van der Waals surface area contributed by atoms with E-state index in [2.05, 4.69) is 5.32 Å². The van der Waals surface area contributed by atoms with Gasteiger partial charge in [0.1, 0.15) is 0 Å². The number of carboxylic acid groups (broad SMARTS) is 1. The van der Waals surface area contributed by atoms with Crippen molar-refractivity contribution in [1.82, 2.24) is 0 Å². The van der Waals surface area contributed by atoms with Crippen molar-refractivity contribution in [2.45, 2.75) is 18.9 Å². The predicted octanol–water partition coefficient (Wildman–Crippen LogP) is 4.14. The van der Waals surface area contributed by atoms with E-state index in [1.54, 1.807) is 12.1 Å². The third-order valence-electron chi connectivity index (χ3n) is 3.67. The molecule has 2 aromatic rings. The Hall–Kier alpha value is -2.00. The number of carboxylic acids is 1. The van der Waals surface area contributed by atoms with Gasteiger partial charge in [0, 0.05) is 0 Å². The van der Waals surface area contributed by atoms with Crippen molar-refractivity contribution in [3.05, 3.63) is 64.2 Å². The summed E-state index contributed by atoms with van der Waals surface area (Å²) in [5.74, 6) is -0.879. The molecule has 1 atom stereocenters. The van der Waals surface area contributed by atoms with Gasteiger partial charge in [0.15, 0.2) is 0 Å². The van der Waals surface area contributed by atoms with Crippen LogP contribution in [0.5, 0.6) is 0 Å². The fourth-order valence-corrected chi connectivity index (χ4v) is 2.86. The van der Waals surface area contributed by atoms with Gasteiger partial charge in [-0.2, -0.15) is 0 Å². The molecule has 0 heterocycles. The minimum Gasteiger partial charge on any atom is -0.478 e. The maximum atomic E-state index is 11.0. The van der Waals surface area contributed by atoms with Crippen LogP contribution >= 0.6 is 11.6 Å². The molecular formula is C16H14ClNO2. The van der Waals surface area contributed by atoms with E-state index in [1.165, 1.54) is 0 Å². The lowest BCUT2D eigenvalue weighted by atomic mass is 10.0. The van der Waals surface area contributed by atoms with Crippen molar-refractivity contribution in [2.24, 2.45) is 0 Å². The molecular weight excluding hydrogens is 274 g/mol. The number of aryl methyl sites for hydroxylation is 1. The van der Waals surface area contributed by atoms with Crippen molar-refractivity contribution >= 4 is 23.3 Å². The lowest BCUT2D eigenvalue weighted by Gasteiger charge is -2.16. The minimum atomic E-state index is -0.879. The monoisotopic (exact) mass is 287 g/mol. The molecule has 0 spiro atoms. The van der Waals surface area contributed by atoms with E-state index in [0.717, 1.165) is 29.7 Å². The largest absolute Gasteiger partial charge is 0.478 e. The van der Waals surface area contributed by atoms with Crippen molar-refractivity contribution in [1.29, 1.82) is 0 Å². The van der Waals surface area contributed by atoms with Crippen LogP contribution in [0.15, 0.2) is 42.5 Å². The van der Waals surface area contributed by atoms with Gasteiger partial charge in [-0.25, -0.2) is 4.79 Å². The lowest BCUT2D eigenvalue weighted by molar-refractivity contribution is 0.0697. The molecule has 0 aliphatic heterocycles. The Labute approximate surface area is 122 Å². The zero-order valence-electron chi connectivity index (χ0n) is 10.8. The Bertz CT molecular complexity index is 669. The highest BCUT2D eigenvalue weighted by molar-refractivity contribution is 6.33. The summed E-state index contributed by atoms with van der Waals surface area (Å²) >= 11 is 6.16. The van der Waals surface area contributed by atoms with Gasteiger partial charge in [-0.15, -0.1) is 0 Å². The van der Waals surface area contributed by atoms with Gasteiger partial charge in [-0.3, -0.25) is 0 Å². The molecule has 0 saturated carbocycles. The number of para-hydroxylation sites is 1. The van der Waals surface area contributed by atoms with Gasteiger partial charge in [0.05, 0.1) is 22.3 Å². The molecule has 0 fully saturated rings. The molecule has 3 rings (SSSR count). The minimum absolute atomic E-state index is 0.188. The molecule has 0 bridgehead atoms. The Kier molecular flexibility index (Phi) is 3.36. The Morgan fingerprint density at radius 3 is 2.80 bits per heavy atom. The molecule has 20 heavy (non-hydrogen) atoms. The third-order valence-corrected chi connectivity index (χ3v) is 4.00. The molecule has 0 saturated heterocycles. The summed E-state index contributed by atoms with van der Waals surface area (Å²) in [6.45, 7) is 0. The van der Waals surface area contributed by atoms with Crippen LogP contribution in [0.2, 0.25) is 5.02 Å². The maximum Gasteiger partial charge on any atom is 0.335 e. The molecule has 3 nitrogen and oxygen atoms in total. The standard InChI is InChI=1S/C16H14ClNO2/c17-13-3-1-2-4-15(13)18-14-8-6-10-9-11(16(19)20)5-7-12(10)14/h1-5,7,9,14,18H,6,8H2,(H,19,20). The first-order valence-electron chi connectivity index (χ1n) is 6.52. The van der Waals surface area contributed by atoms with Crippen LogP contribution in [0.3, 0.4) is 0 Å². The molecule has 1 aliphatic rings. The maximum absolute atomic E-state index is 11.0. The SMILES string of the molecule is O=C(O)c1ccc2c(c1)CCC2Nc1ccccc1Cl. The fourth-order valence-electron chi connectivity index (χ4n) is 2.67. The second-order valence-corrected chi connectivity index (χ2v) is 5.34. The second-order valence-electron chi connectivity index (χ2n) is 4.93. The normalized spacial score (nSPS) is 16.8. The predicted molar refractivity (Wildman–Crippen MR) is 79.5 cm³/mol. The quantitative estimate of drug-likeness (QED) is 0.892. The number of aromatic carboxylic acids is 1. The number of rotatable bonds is 3. The van der Waals surface area contributed by atoms with Gasteiger partial charge >= 0.3 is 5.97 Å². The highest BCUT2D eigenvalue weighted by atomic mass is 35.5. The molecule has 2 N–H and O–H groups in total. The number of hydrogen-bond donors (Lipinski definition) is 2. The van der Waals surface area contributed by atoms with Crippen molar-refractivity contribution < 1.29 is 9.90 Å². The van der Waals surface area contributed by atoms with E-state index < -0.39 is 5.97 Å². The fraction of sp³-hybridized carbons (Fsp3) is 0.188. The average molecular weight is 288 g/mol. The smallest absolute Gasteiger partial charge is 0.335 e. The number of anilines is 1. The number of carbonyl (C=O) groups is 1. The molecule has 1 unspecified atom stereocenters. The molecule has 102 valence electrons. The van der Waals surface area contributed by atoms with E-state index in [0.29, 0.717) is 10.6 Å². The summed E-state index contributed by atoms with van der Waals surface area (Å²) in [5.41, 5.74) is 3.53. The first-order valence-corrected chi connectivity index (χ1v) is 6.90. The number of benzene rings is 2. The number of nitrogens with one attached hydrogen (secondary N) is 1. The van der Waals surface area contributed by atoms with Gasteiger partial charge in [0.25, 0.3) is 0 Å². The van der Waals surface area contributed by atoms with Gasteiger partial charge < -0.3 is 10.4 Å². The van der Waals surface area contributed by atoms with E-state index in [-0.39, 0.29) is 6.04 Å². The summed E-state index contributed by atoms with van der Waals surface area (Å²) < 4.78 is 0. The number of fused-ring (bicyclic) bond motifs is 1. The molecule has 4 heteroatoms. The molecule has 1 aliphatic carbocycles. The van der Waals surface area contributed by atoms with Crippen molar-refractivity contribution in [3.8, 4) is 0 Å². The van der Waals surface area contributed by atoms with Crippen molar-refractivity contribution in [3.63, 3.8) is 0 Å².